The molecule has 6 heteroatoms. The van der Waals surface area contributed by atoms with Crippen LogP contribution in [0.1, 0.15) is 69.3 Å². The summed E-state index contributed by atoms with van der Waals surface area (Å²) in [7, 11) is 1.79. The Morgan fingerprint density at radius 1 is 1.21 bits per heavy atom. The van der Waals surface area contributed by atoms with Crippen molar-refractivity contribution in [2.45, 2.75) is 78.2 Å². The highest BCUT2D eigenvalue weighted by Gasteiger charge is 2.26. The second-order valence-corrected chi connectivity index (χ2v) is 8.13. The van der Waals surface area contributed by atoms with Gasteiger partial charge in [0.05, 0.1) is 12.2 Å². The number of morpholine rings is 1. The van der Waals surface area contributed by atoms with Crippen LogP contribution in [0.2, 0.25) is 0 Å². The van der Waals surface area contributed by atoms with Crippen molar-refractivity contribution in [3.05, 3.63) is 35.4 Å². The van der Waals surface area contributed by atoms with Crippen molar-refractivity contribution in [3.8, 4) is 0 Å². The van der Waals surface area contributed by atoms with Gasteiger partial charge in [-0.2, -0.15) is 0 Å². The molecule has 0 aromatic heterocycles. The molecule has 1 fully saturated rings. The van der Waals surface area contributed by atoms with Crippen LogP contribution in [0.5, 0.6) is 0 Å². The number of guanidine groups is 1. The normalized spacial score (nSPS) is 21.0. The molecule has 3 atom stereocenters. The SMILES string of the molecule is CCCCCC(C)NC(=NC)NCc1ccc(C(=O)N2CC(C)OC(C)C2)cc1. The molecule has 0 radical (unpaired) electrons. The van der Waals surface area contributed by atoms with Crippen molar-refractivity contribution in [3.63, 3.8) is 0 Å². The highest BCUT2D eigenvalue weighted by Crippen LogP contribution is 2.15. The van der Waals surface area contributed by atoms with Crippen LogP contribution in [0, 0.1) is 0 Å². The minimum Gasteiger partial charge on any atom is -0.372 e. The minimum atomic E-state index is 0.0740. The predicted octanol–water partition coefficient (Wildman–Crippen LogP) is 3.57. The maximum Gasteiger partial charge on any atom is 0.254 e. The van der Waals surface area contributed by atoms with E-state index in [2.05, 4.69) is 29.5 Å². The van der Waals surface area contributed by atoms with Crippen molar-refractivity contribution in [1.29, 1.82) is 0 Å². The maximum absolute atomic E-state index is 12.8. The molecule has 162 valence electrons. The van der Waals surface area contributed by atoms with Gasteiger partial charge in [-0.1, -0.05) is 38.3 Å². The zero-order valence-corrected chi connectivity index (χ0v) is 18.7. The second kappa shape index (κ2) is 11.8. The molecule has 2 rings (SSSR count). The quantitative estimate of drug-likeness (QED) is 0.396. The molecule has 1 heterocycles. The van der Waals surface area contributed by atoms with Crippen LogP contribution in [0.25, 0.3) is 0 Å². The van der Waals surface area contributed by atoms with Crippen LogP contribution in [0.3, 0.4) is 0 Å². The second-order valence-electron chi connectivity index (χ2n) is 8.13. The highest BCUT2D eigenvalue weighted by molar-refractivity contribution is 5.94. The fourth-order valence-corrected chi connectivity index (χ4v) is 3.68. The molecular formula is C23H38N4O2. The van der Waals surface area contributed by atoms with E-state index in [1.54, 1.807) is 7.05 Å². The average Bonchev–Trinajstić information content (AvgIpc) is 2.70. The van der Waals surface area contributed by atoms with Gasteiger partial charge in [-0.05, 0) is 44.9 Å². The molecule has 6 nitrogen and oxygen atoms in total. The highest BCUT2D eigenvalue weighted by atomic mass is 16.5. The van der Waals surface area contributed by atoms with E-state index in [-0.39, 0.29) is 18.1 Å². The molecule has 29 heavy (non-hydrogen) atoms. The summed E-state index contributed by atoms with van der Waals surface area (Å²) in [5.41, 5.74) is 1.84. The fourth-order valence-electron chi connectivity index (χ4n) is 3.68. The Morgan fingerprint density at radius 2 is 1.86 bits per heavy atom. The van der Waals surface area contributed by atoms with Crippen LogP contribution in [-0.2, 0) is 11.3 Å². The Morgan fingerprint density at radius 3 is 2.45 bits per heavy atom. The van der Waals surface area contributed by atoms with Gasteiger partial charge in [0, 0.05) is 38.3 Å². The number of benzene rings is 1. The smallest absolute Gasteiger partial charge is 0.254 e. The van der Waals surface area contributed by atoms with Crippen LogP contribution in [-0.4, -0.2) is 55.2 Å². The molecule has 1 aliphatic heterocycles. The number of aliphatic imine (C=N–C) groups is 1. The lowest BCUT2D eigenvalue weighted by Gasteiger charge is -2.35. The first kappa shape index (κ1) is 23.2. The predicted molar refractivity (Wildman–Crippen MR) is 119 cm³/mol. The molecule has 0 bridgehead atoms. The minimum absolute atomic E-state index is 0.0740. The van der Waals surface area contributed by atoms with Crippen LogP contribution >= 0.6 is 0 Å². The zero-order chi connectivity index (χ0) is 21.2. The molecule has 1 aromatic rings. The summed E-state index contributed by atoms with van der Waals surface area (Å²) < 4.78 is 5.72. The van der Waals surface area contributed by atoms with Gasteiger partial charge in [0.25, 0.3) is 5.91 Å². The number of ether oxygens (including phenoxy) is 1. The number of nitrogens with zero attached hydrogens (tertiary/aromatic N) is 2. The van der Waals surface area contributed by atoms with E-state index in [1.165, 1.54) is 19.3 Å². The first-order valence-electron chi connectivity index (χ1n) is 10.9. The third-order valence-corrected chi connectivity index (χ3v) is 5.22. The van der Waals surface area contributed by atoms with Gasteiger partial charge in [0.15, 0.2) is 5.96 Å². The van der Waals surface area contributed by atoms with Crippen molar-refractivity contribution in [2.75, 3.05) is 20.1 Å². The summed E-state index contributed by atoms with van der Waals surface area (Å²) >= 11 is 0. The van der Waals surface area contributed by atoms with E-state index in [0.717, 1.165) is 23.5 Å². The van der Waals surface area contributed by atoms with Gasteiger partial charge in [0.1, 0.15) is 0 Å². The van der Waals surface area contributed by atoms with Gasteiger partial charge >= 0.3 is 0 Å². The average molecular weight is 403 g/mol. The molecule has 0 aliphatic carbocycles. The number of amides is 1. The number of carbonyl (C=O) groups is 1. The van der Waals surface area contributed by atoms with Crippen LogP contribution in [0.15, 0.2) is 29.3 Å². The fraction of sp³-hybridized carbons (Fsp3) is 0.652. The number of nitrogens with one attached hydrogen (secondary N) is 2. The van der Waals surface area contributed by atoms with E-state index in [4.69, 9.17) is 4.74 Å². The number of hydrogen-bond donors (Lipinski definition) is 2. The van der Waals surface area contributed by atoms with Gasteiger partial charge in [0.2, 0.25) is 0 Å². The molecule has 2 N–H and O–H groups in total. The van der Waals surface area contributed by atoms with Gasteiger partial charge < -0.3 is 20.3 Å². The largest absolute Gasteiger partial charge is 0.372 e. The topological polar surface area (TPSA) is 66.0 Å². The molecule has 0 saturated carbocycles. The van der Waals surface area contributed by atoms with Gasteiger partial charge in [-0.15, -0.1) is 0 Å². The third kappa shape index (κ3) is 7.69. The summed E-state index contributed by atoms with van der Waals surface area (Å²) in [6.07, 6.45) is 5.04. The van der Waals surface area contributed by atoms with Gasteiger partial charge in [-0.3, -0.25) is 9.79 Å². The number of rotatable bonds is 8. The Labute approximate surface area is 176 Å². The lowest BCUT2D eigenvalue weighted by atomic mass is 10.1. The molecule has 1 aromatic carbocycles. The standard InChI is InChI=1S/C23H38N4O2/c1-6-7-8-9-17(2)26-23(24-5)25-14-20-10-12-21(13-11-20)22(28)27-15-18(3)29-19(4)16-27/h10-13,17-19H,6-9,14-16H2,1-5H3,(H2,24,25,26). The first-order chi connectivity index (χ1) is 13.9. The lowest BCUT2D eigenvalue weighted by Crippen LogP contribution is -2.48. The van der Waals surface area contributed by atoms with Crippen molar-refractivity contribution < 1.29 is 9.53 Å². The van der Waals surface area contributed by atoms with E-state index in [1.807, 2.05) is 43.0 Å². The molecule has 1 aliphatic rings. The summed E-state index contributed by atoms with van der Waals surface area (Å²) in [5.74, 6) is 0.885. The zero-order valence-electron chi connectivity index (χ0n) is 18.7. The Balaban J connectivity index is 1.84. The van der Waals surface area contributed by atoms with Crippen molar-refractivity contribution >= 4 is 11.9 Å². The summed E-state index contributed by atoms with van der Waals surface area (Å²) in [5, 5.41) is 6.80. The Kier molecular flexibility index (Phi) is 9.45. The molecular weight excluding hydrogens is 364 g/mol. The van der Waals surface area contributed by atoms with Crippen LogP contribution in [0.4, 0.5) is 0 Å². The van der Waals surface area contributed by atoms with E-state index >= 15 is 0 Å². The first-order valence-corrected chi connectivity index (χ1v) is 10.9. The third-order valence-electron chi connectivity index (χ3n) is 5.22. The van der Waals surface area contributed by atoms with Crippen molar-refractivity contribution in [2.24, 2.45) is 4.99 Å². The lowest BCUT2D eigenvalue weighted by molar-refractivity contribution is -0.0586. The summed E-state index contributed by atoms with van der Waals surface area (Å²) in [4.78, 5) is 19.0. The molecule has 1 saturated heterocycles. The summed E-state index contributed by atoms with van der Waals surface area (Å²) in [6, 6.07) is 8.23. The monoisotopic (exact) mass is 402 g/mol. The van der Waals surface area contributed by atoms with E-state index in [0.29, 0.717) is 25.7 Å². The number of carbonyl (C=O) groups excluding carboxylic acids is 1. The molecule has 1 amide bonds. The number of hydrogen-bond acceptors (Lipinski definition) is 3. The van der Waals surface area contributed by atoms with Crippen LogP contribution < -0.4 is 10.6 Å². The maximum atomic E-state index is 12.8. The Hall–Kier alpha value is -2.08. The van der Waals surface area contributed by atoms with Crippen molar-refractivity contribution in [1.82, 2.24) is 15.5 Å². The Bertz CT molecular complexity index is 649. The summed E-state index contributed by atoms with van der Waals surface area (Å²) in [6.45, 7) is 10.4. The van der Waals surface area contributed by atoms with E-state index in [9.17, 15) is 4.79 Å². The molecule has 3 unspecified atom stereocenters. The number of unbranched alkanes of at least 4 members (excludes halogenated alkanes) is 2. The molecule has 0 spiro atoms. The van der Waals surface area contributed by atoms with E-state index < -0.39 is 0 Å². The van der Waals surface area contributed by atoms with Gasteiger partial charge in [-0.25, -0.2) is 0 Å².